The van der Waals surface area contributed by atoms with Crippen LogP contribution in [0, 0.1) is 0 Å². The molecule has 0 aliphatic carbocycles. The van der Waals surface area contributed by atoms with Crippen LogP contribution in [0.5, 0.6) is 5.75 Å². The zero-order valence-electron chi connectivity index (χ0n) is 17.9. The number of aryl methyl sites for hydroxylation is 1. The summed E-state index contributed by atoms with van der Waals surface area (Å²) < 4.78 is 0. The minimum atomic E-state index is -1.18. The van der Waals surface area contributed by atoms with Crippen LogP contribution in [0.4, 0.5) is 0 Å². The van der Waals surface area contributed by atoms with Crippen LogP contribution in [0.25, 0.3) is 22.2 Å². The number of fused-ring (bicyclic) bond motifs is 1. The fraction of sp³-hybridized carbons (Fsp3) is 0.333. The number of carboxylic acid groups (broad SMARTS) is 1. The first-order chi connectivity index (χ1) is 14.4. The van der Waals surface area contributed by atoms with Crippen molar-refractivity contribution in [3.8, 4) is 17.0 Å². The summed E-state index contributed by atoms with van der Waals surface area (Å²) in [6.07, 6.45) is 0.717. The highest BCUT2D eigenvalue weighted by Gasteiger charge is 2.21. The van der Waals surface area contributed by atoms with E-state index in [0.29, 0.717) is 27.9 Å². The van der Waals surface area contributed by atoms with Gasteiger partial charge in [-0.15, -0.1) is 0 Å². The van der Waals surface area contributed by atoms with Gasteiger partial charge in [0.05, 0.1) is 5.52 Å². The Morgan fingerprint density at radius 2 is 1.60 bits per heavy atom. The molecule has 0 aliphatic heterocycles. The van der Waals surface area contributed by atoms with Gasteiger partial charge in [0.2, 0.25) is 0 Å². The molecule has 1 heterocycles. The van der Waals surface area contributed by atoms with E-state index in [1.54, 1.807) is 36.4 Å². The maximum atomic E-state index is 11.7. The number of carboxylic acids is 1. The zero-order valence-corrected chi connectivity index (χ0v) is 18.7. The second-order valence-electron chi connectivity index (χ2n) is 6.78. The lowest BCUT2D eigenvalue weighted by Crippen LogP contribution is -2.21. The predicted octanol–water partition coefficient (Wildman–Crippen LogP) is 5.87. The average molecular weight is 429 g/mol. The summed E-state index contributed by atoms with van der Waals surface area (Å²) >= 11 is 5.89. The Morgan fingerprint density at radius 3 is 2.07 bits per heavy atom. The molecule has 30 heavy (non-hydrogen) atoms. The summed E-state index contributed by atoms with van der Waals surface area (Å²) in [6.45, 7) is 12.1. The van der Waals surface area contributed by atoms with Crippen molar-refractivity contribution in [3.05, 3.63) is 58.6 Å². The van der Waals surface area contributed by atoms with Crippen LogP contribution in [0.15, 0.2) is 42.5 Å². The van der Waals surface area contributed by atoms with Crippen molar-refractivity contribution >= 4 is 28.5 Å². The van der Waals surface area contributed by atoms with Gasteiger partial charge in [-0.3, -0.25) is 0 Å². The molecule has 160 valence electrons. The number of aromatic nitrogens is 1. The van der Waals surface area contributed by atoms with Crippen LogP contribution in [-0.4, -0.2) is 45.7 Å². The van der Waals surface area contributed by atoms with Gasteiger partial charge in [0.1, 0.15) is 11.3 Å². The van der Waals surface area contributed by atoms with Gasteiger partial charge in [-0.25, -0.2) is 9.78 Å². The highest BCUT2D eigenvalue weighted by Crippen LogP contribution is 2.36. The molecule has 0 aliphatic rings. The van der Waals surface area contributed by atoms with E-state index >= 15 is 0 Å². The van der Waals surface area contributed by atoms with E-state index in [9.17, 15) is 15.0 Å². The van der Waals surface area contributed by atoms with Crippen molar-refractivity contribution < 1.29 is 15.0 Å². The molecule has 0 atom stereocenters. The highest BCUT2D eigenvalue weighted by molar-refractivity contribution is 6.30. The molecule has 3 aromatic rings. The third-order valence-electron chi connectivity index (χ3n) is 5.13. The molecule has 0 unspecified atom stereocenters. The van der Waals surface area contributed by atoms with Crippen molar-refractivity contribution in [3.63, 3.8) is 0 Å². The van der Waals surface area contributed by atoms with Gasteiger partial charge in [0, 0.05) is 16.0 Å². The van der Waals surface area contributed by atoms with E-state index in [-0.39, 0.29) is 17.0 Å². The lowest BCUT2D eigenvalue weighted by molar-refractivity contribution is 0.0696. The molecule has 2 N–H and O–H groups in total. The minimum absolute atomic E-state index is 0.129. The number of rotatable bonds is 6. The maximum absolute atomic E-state index is 11.7. The third kappa shape index (κ3) is 5.29. The zero-order chi connectivity index (χ0) is 22.3. The maximum Gasteiger partial charge on any atom is 0.340 e. The molecule has 1 aromatic heterocycles. The summed E-state index contributed by atoms with van der Waals surface area (Å²) in [7, 11) is 0. The highest BCUT2D eigenvalue weighted by atomic mass is 35.5. The van der Waals surface area contributed by atoms with Crippen molar-refractivity contribution in [2.75, 3.05) is 19.6 Å². The molecule has 2 aromatic carbocycles. The van der Waals surface area contributed by atoms with Gasteiger partial charge in [-0.05, 0) is 43.8 Å². The van der Waals surface area contributed by atoms with Gasteiger partial charge < -0.3 is 15.1 Å². The lowest BCUT2D eigenvalue weighted by Gasteiger charge is -2.13. The molecule has 0 bridgehead atoms. The van der Waals surface area contributed by atoms with Gasteiger partial charge in [0.25, 0.3) is 0 Å². The SMILES string of the molecule is CCN(CC)CC.CCc1cccc2c(C(=O)O)c(O)c(-c3ccc(Cl)cc3)nc12. The number of nitrogens with zero attached hydrogens (tertiary/aromatic N) is 2. The fourth-order valence-corrected chi connectivity index (χ4v) is 3.44. The van der Waals surface area contributed by atoms with Crippen LogP contribution in [0.1, 0.15) is 43.6 Å². The molecule has 0 saturated carbocycles. The average Bonchev–Trinajstić information content (AvgIpc) is 2.75. The van der Waals surface area contributed by atoms with Gasteiger partial charge in [-0.1, -0.05) is 69.6 Å². The van der Waals surface area contributed by atoms with Crippen LogP contribution in [0.2, 0.25) is 5.02 Å². The Kier molecular flexibility index (Phi) is 8.63. The molecule has 0 spiro atoms. The lowest BCUT2D eigenvalue weighted by atomic mass is 9.99. The van der Waals surface area contributed by atoms with E-state index in [2.05, 4.69) is 30.7 Å². The van der Waals surface area contributed by atoms with E-state index in [4.69, 9.17) is 11.6 Å². The largest absolute Gasteiger partial charge is 0.505 e. The molecule has 0 radical (unpaired) electrons. The van der Waals surface area contributed by atoms with Crippen molar-refractivity contribution in [1.29, 1.82) is 0 Å². The summed E-state index contributed by atoms with van der Waals surface area (Å²) in [4.78, 5) is 18.6. The van der Waals surface area contributed by atoms with E-state index in [1.807, 2.05) is 13.0 Å². The van der Waals surface area contributed by atoms with Crippen LogP contribution in [-0.2, 0) is 6.42 Å². The van der Waals surface area contributed by atoms with Gasteiger partial charge in [0.15, 0.2) is 5.75 Å². The second kappa shape index (κ2) is 11.0. The second-order valence-corrected chi connectivity index (χ2v) is 7.22. The first-order valence-corrected chi connectivity index (χ1v) is 10.6. The van der Waals surface area contributed by atoms with E-state index in [1.165, 1.54) is 19.6 Å². The standard InChI is InChI=1S/C18H14ClNO3.C6H15N/c1-2-10-4-3-5-13-14(18(22)23)17(21)16(20-15(10)13)11-6-8-12(19)9-7-11;1-4-7(5-2)6-3/h3-9,21H,2H2,1H3,(H,22,23);4-6H2,1-3H3. The Labute approximate surface area is 182 Å². The molecule has 5 nitrogen and oxygen atoms in total. The number of hydrogen-bond donors (Lipinski definition) is 2. The minimum Gasteiger partial charge on any atom is -0.505 e. The normalized spacial score (nSPS) is 10.7. The number of carbonyl (C=O) groups is 1. The number of para-hydroxylation sites is 1. The molecule has 0 saturated heterocycles. The Morgan fingerprint density at radius 1 is 1.00 bits per heavy atom. The van der Waals surface area contributed by atoms with Gasteiger partial charge >= 0.3 is 5.97 Å². The first-order valence-electron chi connectivity index (χ1n) is 10.2. The molecular formula is C24H29ClN2O3. The Hall–Kier alpha value is -2.63. The predicted molar refractivity (Wildman–Crippen MR) is 124 cm³/mol. The quantitative estimate of drug-likeness (QED) is 0.513. The number of hydrogen-bond acceptors (Lipinski definition) is 4. The van der Waals surface area contributed by atoms with E-state index in [0.717, 1.165) is 5.56 Å². The van der Waals surface area contributed by atoms with Crippen molar-refractivity contribution in [1.82, 2.24) is 9.88 Å². The topological polar surface area (TPSA) is 73.7 Å². The number of benzene rings is 2. The molecule has 3 rings (SSSR count). The van der Waals surface area contributed by atoms with Crippen LogP contribution < -0.4 is 0 Å². The molecule has 6 heteroatoms. The fourth-order valence-electron chi connectivity index (χ4n) is 3.32. The Bertz CT molecular complexity index is 994. The third-order valence-corrected chi connectivity index (χ3v) is 5.38. The number of aromatic carboxylic acids is 1. The molecule has 0 amide bonds. The van der Waals surface area contributed by atoms with E-state index < -0.39 is 5.97 Å². The van der Waals surface area contributed by atoms with Crippen molar-refractivity contribution in [2.45, 2.75) is 34.1 Å². The summed E-state index contributed by atoms with van der Waals surface area (Å²) in [5.74, 6) is -1.51. The molecule has 0 fully saturated rings. The smallest absolute Gasteiger partial charge is 0.340 e. The number of pyridine rings is 1. The number of halogens is 1. The first kappa shape index (κ1) is 23.6. The van der Waals surface area contributed by atoms with Crippen LogP contribution in [0.3, 0.4) is 0 Å². The summed E-state index contributed by atoms with van der Waals surface area (Å²) in [5, 5.41) is 21.0. The summed E-state index contributed by atoms with van der Waals surface area (Å²) in [5.41, 5.74) is 2.25. The van der Waals surface area contributed by atoms with Crippen molar-refractivity contribution in [2.24, 2.45) is 0 Å². The van der Waals surface area contributed by atoms with Gasteiger partial charge in [-0.2, -0.15) is 0 Å². The Balaban J connectivity index is 0.000000396. The number of aromatic hydroxyl groups is 1. The monoisotopic (exact) mass is 428 g/mol. The van der Waals surface area contributed by atoms with Crippen LogP contribution >= 0.6 is 11.6 Å². The molecular weight excluding hydrogens is 400 g/mol. The summed E-state index contributed by atoms with van der Waals surface area (Å²) in [6, 6.07) is 12.1.